The summed E-state index contributed by atoms with van der Waals surface area (Å²) < 4.78 is 10.9. The van der Waals surface area contributed by atoms with Crippen LogP contribution >= 0.6 is 0 Å². The number of ether oxygens (including phenoxy) is 2. The molecule has 20 heavy (non-hydrogen) atoms. The van der Waals surface area contributed by atoms with Gasteiger partial charge in [0.15, 0.2) is 6.10 Å². The van der Waals surface area contributed by atoms with Crippen molar-refractivity contribution in [2.24, 2.45) is 5.73 Å². The fourth-order valence-electron chi connectivity index (χ4n) is 1.69. The molecule has 3 N–H and O–H groups in total. The molecule has 0 saturated carbocycles. The Hall–Kier alpha value is -2.01. The first kappa shape index (κ1) is 16.0. The van der Waals surface area contributed by atoms with E-state index in [1.54, 1.807) is 26.2 Å². The van der Waals surface area contributed by atoms with Crippen molar-refractivity contribution in [1.29, 1.82) is 0 Å². The van der Waals surface area contributed by atoms with Gasteiger partial charge in [0.25, 0.3) is 5.91 Å². The topological polar surface area (TPSA) is 73.6 Å². The predicted octanol–water partition coefficient (Wildman–Crippen LogP) is 1.27. The summed E-state index contributed by atoms with van der Waals surface area (Å²) in [7, 11) is 1.59. The molecule has 0 aliphatic rings. The van der Waals surface area contributed by atoms with Crippen LogP contribution in [-0.4, -0.2) is 32.2 Å². The van der Waals surface area contributed by atoms with Crippen molar-refractivity contribution in [3.8, 4) is 11.5 Å². The van der Waals surface area contributed by atoms with E-state index in [1.165, 1.54) is 0 Å². The maximum atomic E-state index is 11.8. The molecule has 0 radical (unpaired) electrons. The minimum atomic E-state index is -0.599. The van der Waals surface area contributed by atoms with Gasteiger partial charge < -0.3 is 20.5 Å². The molecule has 5 heteroatoms. The van der Waals surface area contributed by atoms with E-state index < -0.39 is 6.10 Å². The number of hydrogen-bond acceptors (Lipinski definition) is 4. The van der Waals surface area contributed by atoms with Gasteiger partial charge in [0.2, 0.25) is 0 Å². The second kappa shape index (κ2) is 8.22. The molecular weight excluding hydrogens is 256 g/mol. The zero-order valence-corrected chi connectivity index (χ0v) is 12.0. The van der Waals surface area contributed by atoms with Gasteiger partial charge in [0.1, 0.15) is 11.5 Å². The molecule has 0 aromatic heterocycles. The Morgan fingerprint density at radius 1 is 1.55 bits per heavy atom. The van der Waals surface area contributed by atoms with Crippen molar-refractivity contribution in [2.75, 3.05) is 20.2 Å². The lowest BCUT2D eigenvalue weighted by Crippen LogP contribution is -2.36. The fraction of sp³-hybridized carbons (Fsp3) is 0.400. The maximum Gasteiger partial charge on any atom is 0.261 e. The molecule has 1 atom stereocenters. The molecule has 1 unspecified atom stereocenters. The number of benzene rings is 1. The molecule has 1 aromatic carbocycles. The summed E-state index contributed by atoms with van der Waals surface area (Å²) in [6.45, 7) is 6.18. The van der Waals surface area contributed by atoms with E-state index in [0.29, 0.717) is 31.0 Å². The number of amides is 1. The lowest BCUT2D eigenvalue weighted by Gasteiger charge is -2.17. The van der Waals surface area contributed by atoms with E-state index in [9.17, 15) is 4.79 Å². The van der Waals surface area contributed by atoms with Crippen molar-refractivity contribution < 1.29 is 14.3 Å². The molecule has 0 saturated heterocycles. The van der Waals surface area contributed by atoms with Crippen LogP contribution in [0.1, 0.15) is 12.5 Å². The number of carbonyl (C=O) groups is 1. The number of rotatable bonds is 8. The molecule has 0 aliphatic carbocycles. The third-order valence-corrected chi connectivity index (χ3v) is 2.78. The third-order valence-electron chi connectivity index (χ3n) is 2.78. The van der Waals surface area contributed by atoms with Crippen LogP contribution in [0.15, 0.2) is 30.9 Å². The number of nitrogens with one attached hydrogen (secondary N) is 1. The number of methoxy groups -OCH3 is 1. The summed E-state index contributed by atoms with van der Waals surface area (Å²) in [6, 6.07) is 5.51. The summed E-state index contributed by atoms with van der Waals surface area (Å²) in [5, 5.41) is 2.69. The van der Waals surface area contributed by atoms with Crippen molar-refractivity contribution >= 4 is 5.91 Å². The minimum absolute atomic E-state index is 0.189. The summed E-state index contributed by atoms with van der Waals surface area (Å²) >= 11 is 0. The molecule has 0 aliphatic heterocycles. The highest BCUT2D eigenvalue weighted by molar-refractivity contribution is 5.80. The first-order valence-corrected chi connectivity index (χ1v) is 6.54. The molecule has 0 fully saturated rings. The van der Waals surface area contributed by atoms with Gasteiger partial charge in [-0.1, -0.05) is 12.1 Å². The molecule has 0 bridgehead atoms. The predicted molar refractivity (Wildman–Crippen MR) is 79.0 cm³/mol. The minimum Gasteiger partial charge on any atom is -0.497 e. The molecule has 0 spiro atoms. The second-order valence-corrected chi connectivity index (χ2v) is 4.31. The molecule has 5 nitrogen and oxygen atoms in total. The summed E-state index contributed by atoms with van der Waals surface area (Å²) in [5.41, 5.74) is 6.53. The molecular formula is C15H22N2O3. The van der Waals surface area contributed by atoms with Crippen LogP contribution < -0.4 is 20.5 Å². The number of nitrogens with two attached hydrogens (primary N) is 1. The first-order valence-electron chi connectivity index (χ1n) is 6.54. The fourth-order valence-corrected chi connectivity index (χ4v) is 1.69. The Morgan fingerprint density at radius 2 is 2.30 bits per heavy atom. The van der Waals surface area contributed by atoms with Crippen LogP contribution in [0.5, 0.6) is 11.5 Å². The van der Waals surface area contributed by atoms with E-state index in [4.69, 9.17) is 15.2 Å². The third kappa shape index (κ3) is 4.59. The van der Waals surface area contributed by atoms with Crippen molar-refractivity contribution in [1.82, 2.24) is 5.32 Å². The molecule has 1 aromatic rings. The van der Waals surface area contributed by atoms with Crippen molar-refractivity contribution in [3.63, 3.8) is 0 Å². The van der Waals surface area contributed by atoms with Crippen LogP contribution in [0.2, 0.25) is 0 Å². The lowest BCUT2D eigenvalue weighted by atomic mass is 10.1. The lowest BCUT2D eigenvalue weighted by molar-refractivity contribution is -0.127. The Labute approximate surface area is 119 Å². The maximum absolute atomic E-state index is 11.8. The van der Waals surface area contributed by atoms with Gasteiger partial charge in [-0.25, -0.2) is 0 Å². The van der Waals surface area contributed by atoms with E-state index in [-0.39, 0.29) is 5.91 Å². The van der Waals surface area contributed by atoms with E-state index >= 15 is 0 Å². The molecule has 1 rings (SSSR count). The largest absolute Gasteiger partial charge is 0.497 e. The Morgan fingerprint density at radius 3 is 2.90 bits per heavy atom. The normalized spacial score (nSPS) is 11.6. The molecule has 0 heterocycles. The average Bonchev–Trinajstić information content (AvgIpc) is 2.46. The smallest absolute Gasteiger partial charge is 0.261 e. The summed E-state index contributed by atoms with van der Waals surface area (Å²) in [4.78, 5) is 11.8. The quantitative estimate of drug-likeness (QED) is 0.702. The molecule has 110 valence electrons. The zero-order valence-electron chi connectivity index (χ0n) is 12.0. The zero-order chi connectivity index (χ0) is 15.0. The van der Waals surface area contributed by atoms with Crippen LogP contribution in [0.25, 0.3) is 0 Å². The Bertz CT molecular complexity index is 460. The van der Waals surface area contributed by atoms with Crippen LogP contribution in [0.3, 0.4) is 0 Å². The second-order valence-electron chi connectivity index (χ2n) is 4.31. The SMILES string of the molecule is C=CCNC(=O)C(C)Oc1cc(OC)ccc1CCN. The highest BCUT2D eigenvalue weighted by Gasteiger charge is 2.16. The first-order chi connectivity index (χ1) is 9.62. The van der Waals surface area contributed by atoms with E-state index in [2.05, 4.69) is 11.9 Å². The van der Waals surface area contributed by atoms with Gasteiger partial charge in [-0.3, -0.25) is 4.79 Å². The van der Waals surface area contributed by atoms with Gasteiger partial charge in [-0.15, -0.1) is 6.58 Å². The van der Waals surface area contributed by atoms with Gasteiger partial charge in [0.05, 0.1) is 7.11 Å². The van der Waals surface area contributed by atoms with Gasteiger partial charge in [-0.05, 0) is 31.5 Å². The van der Waals surface area contributed by atoms with Gasteiger partial charge >= 0.3 is 0 Å². The van der Waals surface area contributed by atoms with Gasteiger partial charge in [0, 0.05) is 12.6 Å². The summed E-state index contributed by atoms with van der Waals surface area (Å²) in [6.07, 6.45) is 1.70. The van der Waals surface area contributed by atoms with Crippen LogP contribution in [-0.2, 0) is 11.2 Å². The van der Waals surface area contributed by atoms with E-state index in [1.807, 2.05) is 12.1 Å². The summed E-state index contributed by atoms with van der Waals surface area (Å²) in [5.74, 6) is 1.11. The molecule has 1 amide bonds. The highest BCUT2D eigenvalue weighted by Crippen LogP contribution is 2.26. The van der Waals surface area contributed by atoms with Crippen molar-refractivity contribution in [2.45, 2.75) is 19.4 Å². The van der Waals surface area contributed by atoms with Gasteiger partial charge in [-0.2, -0.15) is 0 Å². The monoisotopic (exact) mass is 278 g/mol. The number of hydrogen-bond donors (Lipinski definition) is 2. The Kier molecular flexibility index (Phi) is 6.59. The van der Waals surface area contributed by atoms with Crippen LogP contribution in [0, 0.1) is 0 Å². The van der Waals surface area contributed by atoms with Crippen LogP contribution in [0.4, 0.5) is 0 Å². The Balaban J connectivity index is 2.82. The highest BCUT2D eigenvalue weighted by atomic mass is 16.5. The number of carbonyl (C=O) groups excluding carboxylic acids is 1. The van der Waals surface area contributed by atoms with Crippen molar-refractivity contribution in [3.05, 3.63) is 36.4 Å². The average molecular weight is 278 g/mol. The van der Waals surface area contributed by atoms with E-state index in [0.717, 1.165) is 5.56 Å². The standard InChI is InChI=1S/C15H22N2O3/c1-4-9-17-15(18)11(2)20-14-10-13(19-3)6-5-12(14)7-8-16/h4-6,10-11H,1,7-9,16H2,2-3H3,(H,17,18).